The number of hydrogen-bond acceptors (Lipinski definition) is 1. The van der Waals surface area contributed by atoms with Gasteiger partial charge in [-0.25, -0.2) is 0 Å². The maximum atomic E-state index is 10.4. The highest BCUT2D eigenvalue weighted by Gasteiger charge is 2.29. The van der Waals surface area contributed by atoms with Crippen LogP contribution in [0.1, 0.15) is 43.2 Å². The third-order valence-corrected chi connectivity index (χ3v) is 3.49. The largest absolute Gasteiger partial charge is 0.390 e. The molecule has 1 saturated carbocycles. The van der Waals surface area contributed by atoms with Crippen molar-refractivity contribution in [3.8, 4) is 0 Å². The lowest BCUT2D eigenvalue weighted by molar-refractivity contribution is 0.00436. The molecule has 0 aliphatic heterocycles. The van der Waals surface area contributed by atoms with Gasteiger partial charge in [0.05, 0.1) is 5.60 Å². The first-order valence-corrected chi connectivity index (χ1v) is 5.88. The summed E-state index contributed by atoms with van der Waals surface area (Å²) in [5.41, 5.74) is 2.08. The van der Waals surface area contributed by atoms with Gasteiger partial charge in [0.2, 0.25) is 0 Å². The average Bonchev–Trinajstić information content (AvgIpc) is 2.22. The predicted octanol–water partition coefficient (Wildman–Crippen LogP) is 3.03. The Morgan fingerprint density at radius 2 is 2.07 bits per heavy atom. The van der Waals surface area contributed by atoms with Crippen LogP contribution in [0.3, 0.4) is 0 Å². The maximum Gasteiger partial charge on any atom is 0.0688 e. The van der Waals surface area contributed by atoms with Crippen molar-refractivity contribution in [3.05, 3.63) is 35.4 Å². The minimum atomic E-state index is -0.440. The standard InChI is InChI=1S/C14H19O/c1-12-7-3-4-8-13(12)11-14(15)9-5-2-6-10-14/h4,7-8,15H,2,5-6,9-11H2,1H3. The Labute approximate surface area is 92.1 Å². The molecular formula is C14H19O. The molecule has 1 aliphatic rings. The minimum absolute atomic E-state index is 0.440. The van der Waals surface area contributed by atoms with Crippen molar-refractivity contribution in [1.82, 2.24) is 0 Å². The van der Waals surface area contributed by atoms with Crippen molar-refractivity contribution >= 4 is 0 Å². The van der Waals surface area contributed by atoms with E-state index < -0.39 is 5.60 Å². The van der Waals surface area contributed by atoms with Crippen LogP contribution in [-0.4, -0.2) is 10.7 Å². The van der Waals surface area contributed by atoms with Crippen LogP contribution in [0.2, 0.25) is 0 Å². The summed E-state index contributed by atoms with van der Waals surface area (Å²) >= 11 is 0. The van der Waals surface area contributed by atoms with E-state index in [1.165, 1.54) is 30.4 Å². The summed E-state index contributed by atoms with van der Waals surface area (Å²) in [6, 6.07) is 9.09. The molecule has 1 nitrogen and oxygen atoms in total. The van der Waals surface area contributed by atoms with Gasteiger partial charge in [-0.3, -0.25) is 0 Å². The van der Waals surface area contributed by atoms with E-state index in [1.807, 2.05) is 12.1 Å². The Bertz CT molecular complexity index is 324. The molecule has 0 saturated heterocycles. The fourth-order valence-corrected chi connectivity index (χ4v) is 2.49. The smallest absolute Gasteiger partial charge is 0.0688 e. The molecule has 1 fully saturated rings. The molecular weight excluding hydrogens is 184 g/mol. The van der Waals surface area contributed by atoms with Gasteiger partial charge in [-0.15, -0.1) is 0 Å². The van der Waals surface area contributed by atoms with Gasteiger partial charge in [0.15, 0.2) is 0 Å². The topological polar surface area (TPSA) is 20.2 Å². The molecule has 1 radical (unpaired) electrons. The Hall–Kier alpha value is -0.820. The maximum absolute atomic E-state index is 10.4. The molecule has 2 rings (SSSR count). The first kappa shape index (κ1) is 10.7. The van der Waals surface area contributed by atoms with Gasteiger partial charge in [0, 0.05) is 6.42 Å². The van der Waals surface area contributed by atoms with Crippen LogP contribution in [0.4, 0.5) is 0 Å². The van der Waals surface area contributed by atoms with Crippen LogP contribution in [0, 0.1) is 13.0 Å². The molecule has 1 heteroatoms. The summed E-state index contributed by atoms with van der Waals surface area (Å²) < 4.78 is 0. The number of aryl methyl sites for hydroxylation is 1. The molecule has 1 aliphatic carbocycles. The number of hydrogen-bond donors (Lipinski definition) is 1. The molecule has 0 unspecified atom stereocenters. The van der Waals surface area contributed by atoms with Crippen LogP contribution >= 0.6 is 0 Å². The predicted molar refractivity (Wildman–Crippen MR) is 61.8 cm³/mol. The monoisotopic (exact) mass is 203 g/mol. The van der Waals surface area contributed by atoms with Gasteiger partial charge < -0.3 is 5.11 Å². The van der Waals surface area contributed by atoms with Crippen molar-refractivity contribution in [2.45, 2.75) is 51.0 Å². The van der Waals surface area contributed by atoms with Gasteiger partial charge in [0.25, 0.3) is 0 Å². The second kappa shape index (κ2) is 4.36. The molecule has 1 aromatic rings. The molecule has 15 heavy (non-hydrogen) atoms. The molecule has 0 aromatic heterocycles. The van der Waals surface area contributed by atoms with E-state index >= 15 is 0 Å². The fourth-order valence-electron chi connectivity index (χ4n) is 2.49. The van der Waals surface area contributed by atoms with Crippen LogP contribution in [0.25, 0.3) is 0 Å². The number of rotatable bonds is 2. The summed E-state index contributed by atoms with van der Waals surface area (Å²) in [6.07, 6.45) is 6.37. The summed E-state index contributed by atoms with van der Waals surface area (Å²) in [6.45, 7) is 2.10. The molecule has 1 aromatic carbocycles. The van der Waals surface area contributed by atoms with Gasteiger partial charge in [-0.05, 0) is 37.0 Å². The van der Waals surface area contributed by atoms with Crippen molar-refractivity contribution < 1.29 is 5.11 Å². The number of aliphatic hydroxyl groups is 1. The molecule has 81 valence electrons. The van der Waals surface area contributed by atoms with Gasteiger partial charge in [-0.1, -0.05) is 37.5 Å². The third-order valence-electron chi connectivity index (χ3n) is 3.49. The van der Waals surface area contributed by atoms with Crippen LogP contribution < -0.4 is 0 Å². The highest BCUT2D eigenvalue weighted by Crippen LogP contribution is 2.31. The zero-order valence-electron chi connectivity index (χ0n) is 9.42. The lowest BCUT2D eigenvalue weighted by Crippen LogP contribution is -2.34. The van der Waals surface area contributed by atoms with Gasteiger partial charge in [-0.2, -0.15) is 0 Å². The molecule has 1 N–H and O–H groups in total. The van der Waals surface area contributed by atoms with Crippen molar-refractivity contribution in [2.24, 2.45) is 0 Å². The highest BCUT2D eigenvalue weighted by molar-refractivity contribution is 5.26. The zero-order chi connectivity index (χ0) is 10.7. The Morgan fingerprint density at radius 1 is 1.33 bits per heavy atom. The van der Waals surface area contributed by atoms with E-state index in [0.717, 1.165) is 19.3 Å². The fraction of sp³-hybridized carbons (Fsp3) is 0.571. The first-order chi connectivity index (χ1) is 7.20. The molecule has 0 amide bonds. The Balaban J connectivity index is 2.10. The van der Waals surface area contributed by atoms with E-state index in [0.29, 0.717) is 0 Å². The van der Waals surface area contributed by atoms with E-state index in [-0.39, 0.29) is 0 Å². The SMILES string of the molecule is Cc1c[c]ccc1CC1(O)CCCCC1. The third kappa shape index (κ3) is 2.60. The quantitative estimate of drug-likeness (QED) is 0.783. The molecule has 0 atom stereocenters. The van der Waals surface area contributed by atoms with Crippen molar-refractivity contribution in [1.29, 1.82) is 0 Å². The molecule has 0 heterocycles. The molecule has 0 spiro atoms. The first-order valence-electron chi connectivity index (χ1n) is 5.88. The highest BCUT2D eigenvalue weighted by atomic mass is 16.3. The second-order valence-electron chi connectivity index (χ2n) is 4.81. The second-order valence-corrected chi connectivity index (χ2v) is 4.81. The van der Waals surface area contributed by atoms with E-state index in [1.54, 1.807) is 0 Å². The summed E-state index contributed by atoms with van der Waals surface area (Å²) in [7, 11) is 0. The van der Waals surface area contributed by atoms with Crippen molar-refractivity contribution in [2.75, 3.05) is 0 Å². The lowest BCUT2D eigenvalue weighted by Gasteiger charge is -2.32. The van der Waals surface area contributed by atoms with Crippen LogP contribution in [-0.2, 0) is 6.42 Å². The lowest BCUT2D eigenvalue weighted by atomic mass is 9.80. The average molecular weight is 203 g/mol. The number of benzene rings is 1. The van der Waals surface area contributed by atoms with Crippen LogP contribution in [0.15, 0.2) is 18.2 Å². The Kier molecular flexibility index (Phi) is 3.11. The Morgan fingerprint density at radius 3 is 2.73 bits per heavy atom. The zero-order valence-corrected chi connectivity index (χ0v) is 9.42. The molecule has 0 bridgehead atoms. The van der Waals surface area contributed by atoms with Crippen molar-refractivity contribution in [3.63, 3.8) is 0 Å². The van der Waals surface area contributed by atoms with E-state index in [9.17, 15) is 5.11 Å². The van der Waals surface area contributed by atoms with Gasteiger partial charge >= 0.3 is 0 Å². The van der Waals surface area contributed by atoms with Crippen LogP contribution in [0.5, 0.6) is 0 Å². The summed E-state index contributed by atoms with van der Waals surface area (Å²) in [5.74, 6) is 0. The van der Waals surface area contributed by atoms with E-state index in [2.05, 4.69) is 19.1 Å². The van der Waals surface area contributed by atoms with Gasteiger partial charge in [0.1, 0.15) is 0 Å². The summed E-state index contributed by atoms with van der Waals surface area (Å²) in [5, 5.41) is 10.4. The minimum Gasteiger partial charge on any atom is -0.390 e. The normalized spacial score (nSPS) is 20.1. The van der Waals surface area contributed by atoms with E-state index in [4.69, 9.17) is 0 Å². The summed E-state index contributed by atoms with van der Waals surface area (Å²) in [4.78, 5) is 0.